The fourth-order valence-corrected chi connectivity index (χ4v) is 8.54. The summed E-state index contributed by atoms with van der Waals surface area (Å²) in [6.07, 6.45) is 0. The molecule has 0 fully saturated rings. The van der Waals surface area contributed by atoms with Crippen molar-refractivity contribution in [3.05, 3.63) is 188 Å². The molecular weight excluding hydrogens is 711 g/mol. The molecule has 0 bridgehead atoms. The van der Waals surface area contributed by atoms with Crippen molar-refractivity contribution in [2.45, 2.75) is 0 Å². The normalized spacial score (nSPS) is 11.8. The van der Waals surface area contributed by atoms with E-state index < -0.39 is 0 Å². The van der Waals surface area contributed by atoms with Crippen LogP contribution in [0.3, 0.4) is 0 Å². The van der Waals surface area contributed by atoms with Crippen molar-refractivity contribution in [1.82, 2.24) is 15.0 Å². The molecule has 5 heteroatoms. The lowest BCUT2D eigenvalue weighted by Crippen LogP contribution is -2.00. The first-order valence-corrected chi connectivity index (χ1v) is 19.4. The number of benzene rings is 9. The van der Waals surface area contributed by atoms with Gasteiger partial charge in [0.2, 0.25) is 0 Å². The predicted octanol–water partition coefficient (Wildman–Crippen LogP) is 14.3. The Morgan fingerprint density at radius 2 is 0.793 bits per heavy atom. The van der Waals surface area contributed by atoms with E-state index in [1.54, 1.807) is 0 Å². The zero-order valence-electron chi connectivity index (χ0n) is 31.1. The highest BCUT2D eigenvalue weighted by Gasteiger charge is 2.18. The summed E-state index contributed by atoms with van der Waals surface area (Å²) in [6, 6.07) is 65.2. The van der Waals surface area contributed by atoms with Crippen molar-refractivity contribution in [3.8, 4) is 56.4 Å². The highest BCUT2D eigenvalue weighted by atomic mass is 16.3. The van der Waals surface area contributed by atoms with E-state index in [4.69, 9.17) is 23.8 Å². The van der Waals surface area contributed by atoms with Crippen molar-refractivity contribution in [2.75, 3.05) is 0 Å². The van der Waals surface area contributed by atoms with Gasteiger partial charge in [-0.2, -0.15) is 0 Å². The Bertz CT molecular complexity index is 3560. The lowest BCUT2D eigenvalue weighted by Gasteiger charge is -2.11. The Morgan fingerprint density at radius 1 is 0.276 bits per heavy atom. The van der Waals surface area contributed by atoms with Crippen LogP contribution in [0.5, 0.6) is 0 Å². The largest absolute Gasteiger partial charge is 0.456 e. The third kappa shape index (κ3) is 5.21. The summed E-state index contributed by atoms with van der Waals surface area (Å²) >= 11 is 0. The molecule has 0 amide bonds. The van der Waals surface area contributed by atoms with Crippen LogP contribution in [-0.4, -0.2) is 15.0 Å². The van der Waals surface area contributed by atoms with Crippen LogP contribution in [0.2, 0.25) is 0 Å². The zero-order valence-corrected chi connectivity index (χ0v) is 31.1. The Hall–Kier alpha value is -7.89. The average Bonchev–Trinajstić information content (AvgIpc) is 3.88. The first-order chi connectivity index (χ1) is 28.7. The second-order valence-electron chi connectivity index (χ2n) is 14.7. The quantitative estimate of drug-likeness (QED) is 0.176. The summed E-state index contributed by atoms with van der Waals surface area (Å²) in [6.45, 7) is 0. The molecule has 12 rings (SSSR count). The molecule has 0 aliphatic carbocycles. The van der Waals surface area contributed by atoms with Gasteiger partial charge in [0.05, 0.1) is 0 Å². The van der Waals surface area contributed by atoms with Crippen molar-refractivity contribution in [2.24, 2.45) is 0 Å². The summed E-state index contributed by atoms with van der Waals surface area (Å²) in [5.74, 6) is 1.79. The average molecular weight is 742 g/mol. The smallest absolute Gasteiger partial charge is 0.164 e. The van der Waals surface area contributed by atoms with Crippen LogP contribution in [0, 0.1) is 0 Å². The first kappa shape index (κ1) is 32.4. The van der Waals surface area contributed by atoms with Crippen LogP contribution in [-0.2, 0) is 0 Å². The van der Waals surface area contributed by atoms with Gasteiger partial charge in [-0.25, -0.2) is 15.0 Å². The maximum atomic E-state index is 6.27. The lowest BCUT2D eigenvalue weighted by molar-refractivity contribution is 0.668. The summed E-state index contributed by atoms with van der Waals surface area (Å²) in [5, 5.41) is 9.08. The Balaban J connectivity index is 0.967. The van der Waals surface area contributed by atoms with Gasteiger partial charge in [-0.1, -0.05) is 158 Å². The van der Waals surface area contributed by atoms with E-state index in [1.165, 1.54) is 27.1 Å². The molecule has 0 saturated carbocycles. The molecule has 3 heterocycles. The number of furan rings is 2. The highest BCUT2D eigenvalue weighted by molar-refractivity contribution is 6.19. The van der Waals surface area contributed by atoms with Gasteiger partial charge in [0.15, 0.2) is 17.5 Å². The second-order valence-corrected chi connectivity index (χ2v) is 14.7. The predicted molar refractivity (Wildman–Crippen MR) is 237 cm³/mol. The summed E-state index contributed by atoms with van der Waals surface area (Å²) in [7, 11) is 0. The third-order valence-electron chi connectivity index (χ3n) is 11.4. The topological polar surface area (TPSA) is 65.0 Å². The van der Waals surface area contributed by atoms with Gasteiger partial charge in [-0.05, 0) is 74.1 Å². The van der Waals surface area contributed by atoms with Crippen LogP contribution in [0.4, 0.5) is 0 Å². The number of hydrogen-bond acceptors (Lipinski definition) is 5. The summed E-state index contributed by atoms with van der Waals surface area (Å²) in [4.78, 5) is 15.4. The molecule has 58 heavy (non-hydrogen) atoms. The minimum atomic E-state index is 0.590. The van der Waals surface area contributed by atoms with Gasteiger partial charge in [-0.15, -0.1) is 0 Å². The Kier molecular flexibility index (Phi) is 7.16. The van der Waals surface area contributed by atoms with Crippen LogP contribution in [0.1, 0.15) is 0 Å². The zero-order chi connectivity index (χ0) is 38.2. The first-order valence-electron chi connectivity index (χ1n) is 19.4. The Morgan fingerprint density at radius 3 is 1.53 bits per heavy atom. The molecule has 0 N–H and O–H groups in total. The molecule has 12 aromatic rings. The maximum Gasteiger partial charge on any atom is 0.164 e. The molecule has 0 unspecified atom stereocenters. The van der Waals surface area contributed by atoms with Crippen LogP contribution in [0.25, 0.3) is 122 Å². The molecule has 0 aliphatic rings. The minimum Gasteiger partial charge on any atom is -0.456 e. The third-order valence-corrected chi connectivity index (χ3v) is 11.4. The molecular formula is C53H31N3O2. The number of para-hydroxylation sites is 2. The van der Waals surface area contributed by atoms with E-state index in [1.807, 2.05) is 42.5 Å². The van der Waals surface area contributed by atoms with E-state index in [-0.39, 0.29) is 0 Å². The van der Waals surface area contributed by atoms with Gasteiger partial charge in [0.25, 0.3) is 0 Å². The van der Waals surface area contributed by atoms with Gasteiger partial charge < -0.3 is 8.83 Å². The van der Waals surface area contributed by atoms with E-state index in [2.05, 4.69) is 146 Å². The fraction of sp³-hybridized carbons (Fsp3) is 0. The number of nitrogens with zero attached hydrogens (tertiary/aromatic N) is 3. The monoisotopic (exact) mass is 741 g/mol. The molecule has 3 aromatic heterocycles. The molecule has 5 nitrogen and oxygen atoms in total. The van der Waals surface area contributed by atoms with E-state index in [0.29, 0.717) is 17.5 Å². The highest BCUT2D eigenvalue weighted by Crippen LogP contribution is 2.39. The minimum absolute atomic E-state index is 0.590. The van der Waals surface area contributed by atoms with Gasteiger partial charge in [0, 0.05) is 38.2 Å². The molecule has 0 aliphatic heterocycles. The summed E-state index contributed by atoms with van der Waals surface area (Å²) in [5.41, 5.74) is 10.7. The van der Waals surface area contributed by atoms with Crippen molar-refractivity contribution < 1.29 is 8.83 Å². The van der Waals surface area contributed by atoms with Gasteiger partial charge in [0.1, 0.15) is 22.3 Å². The van der Waals surface area contributed by atoms with Crippen LogP contribution >= 0.6 is 0 Å². The molecule has 270 valence electrons. The summed E-state index contributed by atoms with van der Waals surface area (Å²) < 4.78 is 12.4. The molecule has 0 atom stereocenters. The molecule has 9 aromatic carbocycles. The van der Waals surface area contributed by atoms with Crippen molar-refractivity contribution >= 4 is 65.4 Å². The van der Waals surface area contributed by atoms with E-state index in [0.717, 1.165) is 77.3 Å². The maximum absolute atomic E-state index is 6.27. The van der Waals surface area contributed by atoms with E-state index >= 15 is 0 Å². The van der Waals surface area contributed by atoms with Gasteiger partial charge in [-0.3, -0.25) is 0 Å². The van der Waals surface area contributed by atoms with Crippen LogP contribution in [0.15, 0.2) is 197 Å². The fourth-order valence-electron chi connectivity index (χ4n) is 8.54. The van der Waals surface area contributed by atoms with Crippen LogP contribution < -0.4 is 0 Å². The van der Waals surface area contributed by atoms with Gasteiger partial charge >= 0.3 is 0 Å². The molecule has 0 radical (unpaired) electrons. The lowest BCUT2D eigenvalue weighted by atomic mass is 9.97. The molecule has 0 saturated heterocycles. The molecule has 0 spiro atoms. The Labute approximate surface area is 332 Å². The van der Waals surface area contributed by atoms with E-state index in [9.17, 15) is 0 Å². The van der Waals surface area contributed by atoms with Crippen molar-refractivity contribution in [1.29, 1.82) is 0 Å². The number of rotatable bonds is 5. The van der Waals surface area contributed by atoms with Crippen molar-refractivity contribution in [3.63, 3.8) is 0 Å². The second kappa shape index (κ2) is 12.8. The number of fused-ring (bicyclic) bond motifs is 9. The number of aromatic nitrogens is 3. The SMILES string of the molecule is c1ccc2c(-c3ccc(-c4nc(-c5ccc(-c6ccc7c(ccc8oc9ccccc9c87)c6)cc5)nc(-c5cccc6oc7ccccc7c56)n4)cc3)cccc2c1. The standard InChI is InChI=1S/C53H31N3O2/c1-2-11-39-33(9-1)10-7-14-40(39)34-21-25-36(26-22-34)52-54-51(55-53(56-52)44-15-8-18-47-50(44)43-13-4-6-17-46(43)57-47)35-23-19-32(20-24-35)37-27-29-41-38(31-37)28-30-48-49(41)42-12-3-5-16-45(42)58-48/h1-31H. The number of hydrogen-bond donors (Lipinski definition) is 0.